The Morgan fingerprint density at radius 1 is 1.42 bits per heavy atom. The van der Waals surface area contributed by atoms with Crippen LogP contribution in [0, 0.1) is 0 Å². The standard InChI is InChI=1S/C12H21N5OS/c1-12(2)7-8(4-5-18-12)14-9-6-10(17-13)16-11(15-9)19-3/h6,8H,4-5,7,13H2,1-3H3,(H2,14,15,16,17). The van der Waals surface area contributed by atoms with Crippen LogP contribution in [-0.4, -0.2) is 34.5 Å². The molecule has 1 aromatic rings. The molecule has 1 unspecified atom stereocenters. The van der Waals surface area contributed by atoms with Crippen molar-refractivity contribution >= 4 is 23.4 Å². The summed E-state index contributed by atoms with van der Waals surface area (Å²) in [6.07, 6.45) is 3.88. The van der Waals surface area contributed by atoms with Crippen molar-refractivity contribution < 1.29 is 4.74 Å². The number of nitrogen functional groups attached to an aromatic ring is 1. The molecule has 0 spiro atoms. The lowest BCUT2D eigenvalue weighted by Gasteiger charge is -2.36. The van der Waals surface area contributed by atoms with Gasteiger partial charge in [0.2, 0.25) is 0 Å². The second kappa shape index (κ2) is 5.94. The predicted octanol–water partition coefficient (Wildman–Crippen LogP) is 1.85. The average molecular weight is 283 g/mol. The molecule has 0 radical (unpaired) electrons. The molecule has 2 rings (SSSR count). The first-order chi connectivity index (χ1) is 9.02. The summed E-state index contributed by atoms with van der Waals surface area (Å²) in [6, 6.07) is 2.18. The summed E-state index contributed by atoms with van der Waals surface area (Å²) in [4.78, 5) is 8.69. The van der Waals surface area contributed by atoms with Crippen LogP contribution in [0.25, 0.3) is 0 Å². The molecule has 2 heterocycles. The monoisotopic (exact) mass is 283 g/mol. The summed E-state index contributed by atoms with van der Waals surface area (Å²) in [5, 5.41) is 4.14. The van der Waals surface area contributed by atoms with Crippen molar-refractivity contribution in [3.63, 3.8) is 0 Å². The highest BCUT2D eigenvalue weighted by atomic mass is 32.2. The van der Waals surface area contributed by atoms with E-state index in [0.29, 0.717) is 17.0 Å². The van der Waals surface area contributed by atoms with E-state index in [2.05, 4.69) is 34.6 Å². The van der Waals surface area contributed by atoms with Crippen LogP contribution in [0.5, 0.6) is 0 Å². The molecule has 0 amide bonds. The molecular formula is C12H21N5OS. The van der Waals surface area contributed by atoms with E-state index in [0.717, 1.165) is 25.3 Å². The number of hydrazine groups is 1. The van der Waals surface area contributed by atoms with Gasteiger partial charge in [0.05, 0.1) is 5.60 Å². The van der Waals surface area contributed by atoms with Gasteiger partial charge in [0.15, 0.2) is 5.16 Å². The Kier molecular flexibility index (Phi) is 4.49. The number of anilines is 2. The Morgan fingerprint density at radius 3 is 2.79 bits per heavy atom. The maximum atomic E-state index is 5.71. The van der Waals surface area contributed by atoms with Crippen LogP contribution in [0.15, 0.2) is 11.2 Å². The number of nitrogens with zero attached hydrogens (tertiary/aromatic N) is 2. The van der Waals surface area contributed by atoms with Crippen molar-refractivity contribution in [2.45, 2.75) is 43.5 Å². The minimum Gasteiger partial charge on any atom is -0.375 e. The molecule has 1 atom stereocenters. The molecule has 0 bridgehead atoms. The fourth-order valence-corrected chi connectivity index (χ4v) is 2.61. The minimum absolute atomic E-state index is 0.0831. The van der Waals surface area contributed by atoms with Crippen LogP contribution < -0.4 is 16.6 Å². The maximum Gasteiger partial charge on any atom is 0.191 e. The van der Waals surface area contributed by atoms with Crippen LogP contribution in [0.3, 0.4) is 0 Å². The van der Waals surface area contributed by atoms with E-state index in [1.54, 1.807) is 0 Å². The van der Waals surface area contributed by atoms with Crippen LogP contribution >= 0.6 is 11.8 Å². The zero-order valence-electron chi connectivity index (χ0n) is 11.6. The zero-order chi connectivity index (χ0) is 13.9. The minimum atomic E-state index is -0.0831. The Morgan fingerprint density at radius 2 is 2.16 bits per heavy atom. The van der Waals surface area contributed by atoms with Crippen LogP contribution in [0.1, 0.15) is 26.7 Å². The Balaban J connectivity index is 2.09. The van der Waals surface area contributed by atoms with Gasteiger partial charge in [-0.2, -0.15) is 0 Å². The summed E-state index contributed by atoms with van der Waals surface area (Å²) < 4.78 is 5.71. The molecular weight excluding hydrogens is 262 g/mol. The van der Waals surface area contributed by atoms with Gasteiger partial charge in [-0.3, -0.25) is 0 Å². The quantitative estimate of drug-likeness (QED) is 0.336. The molecule has 1 aliphatic heterocycles. The summed E-state index contributed by atoms with van der Waals surface area (Å²) in [6.45, 7) is 5.00. The second-order valence-electron chi connectivity index (χ2n) is 5.21. The maximum absolute atomic E-state index is 5.71. The molecule has 19 heavy (non-hydrogen) atoms. The molecule has 106 valence electrons. The van der Waals surface area contributed by atoms with Crippen molar-refractivity contribution in [2.75, 3.05) is 23.6 Å². The van der Waals surface area contributed by atoms with Crippen molar-refractivity contribution in [1.82, 2.24) is 9.97 Å². The number of hydrogen-bond acceptors (Lipinski definition) is 7. The van der Waals surface area contributed by atoms with E-state index in [1.165, 1.54) is 11.8 Å². The first kappa shape index (κ1) is 14.4. The SMILES string of the molecule is CSc1nc(NN)cc(NC2CCOC(C)(C)C2)n1. The molecule has 4 N–H and O–H groups in total. The van der Waals surface area contributed by atoms with E-state index in [1.807, 2.05) is 12.3 Å². The van der Waals surface area contributed by atoms with Crippen LogP contribution in [0.2, 0.25) is 0 Å². The fourth-order valence-electron chi connectivity index (χ4n) is 2.23. The highest BCUT2D eigenvalue weighted by Crippen LogP contribution is 2.26. The molecule has 1 saturated heterocycles. The number of nitrogens with two attached hydrogens (primary N) is 1. The normalized spacial score (nSPS) is 22.0. The van der Waals surface area contributed by atoms with Gasteiger partial charge in [-0.05, 0) is 32.9 Å². The topological polar surface area (TPSA) is 85.1 Å². The molecule has 7 heteroatoms. The number of thioether (sulfide) groups is 1. The third-order valence-corrected chi connectivity index (χ3v) is 3.63. The van der Waals surface area contributed by atoms with E-state index < -0.39 is 0 Å². The van der Waals surface area contributed by atoms with Gasteiger partial charge in [0.1, 0.15) is 11.6 Å². The van der Waals surface area contributed by atoms with Gasteiger partial charge in [-0.1, -0.05) is 11.8 Å². The average Bonchev–Trinajstić information content (AvgIpc) is 2.37. The van der Waals surface area contributed by atoms with Crippen LogP contribution in [-0.2, 0) is 4.74 Å². The van der Waals surface area contributed by atoms with Crippen molar-refractivity contribution in [2.24, 2.45) is 5.84 Å². The van der Waals surface area contributed by atoms with E-state index in [-0.39, 0.29) is 5.60 Å². The smallest absolute Gasteiger partial charge is 0.191 e. The second-order valence-corrected chi connectivity index (χ2v) is 5.99. The summed E-state index contributed by atoms with van der Waals surface area (Å²) in [7, 11) is 0. The first-order valence-electron chi connectivity index (χ1n) is 6.32. The molecule has 0 aliphatic carbocycles. The van der Waals surface area contributed by atoms with Crippen LogP contribution in [0.4, 0.5) is 11.6 Å². The number of aromatic nitrogens is 2. The van der Waals surface area contributed by atoms with Gasteiger partial charge in [0.25, 0.3) is 0 Å². The van der Waals surface area contributed by atoms with Gasteiger partial charge in [0, 0.05) is 18.7 Å². The molecule has 1 fully saturated rings. The summed E-state index contributed by atoms with van der Waals surface area (Å²) in [5.41, 5.74) is 2.48. The molecule has 1 aromatic heterocycles. The molecule has 6 nitrogen and oxygen atoms in total. The highest BCUT2D eigenvalue weighted by molar-refractivity contribution is 7.98. The largest absolute Gasteiger partial charge is 0.375 e. The number of nitrogens with one attached hydrogen (secondary N) is 2. The van der Waals surface area contributed by atoms with Crippen molar-refractivity contribution in [3.05, 3.63) is 6.07 Å². The summed E-state index contributed by atoms with van der Waals surface area (Å²) >= 11 is 1.49. The Bertz CT molecular complexity index is 418. The third kappa shape index (κ3) is 3.95. The van der Waals surface area contributed by atoms with E-state index >= 15 is 0 Å². The van der Waals surface area contributed by atoms with E-state index in [9.17, 15) is 0 Å². The number of hydrogen-bond donors (Lipinski definition) is 3. The lowest BCUT2D eigenvalue weighted by molar-refractivity contribution is -0.0553. The van der Waals surface area contributed by atoms with Gasteiger partial charge in [-0.15, -0.1) is 0 Å². The van der Waals surface area contributed by atoms with E-state index in [4.69, 9.17) is 10.6 Å². The van der Waals surface area contributed by atoms with Gasteiger partial charge in [-0.25, -0.2) is 15.8 Å². The first-order valence-corrected chi connectivity index (χ1v) is 7.55. The zero-order valence-corrected chi connectivity index (χ0v) is 12.4. The van der Waals surface area contributed by atoms with Crippen molar-refractivity contribution in [3.8, 4) is 0 Å². The fraction of sp³-hybridized carbons (Fsp3) is 0.667. The number of ether oxygens (including phenoxy) is 1. The number of rotatable bonds is 4. The summed E-state index contributed by atoms with van der Waals surface area (Å²) in [5.74, 6) is 6.84. The predicted molar refractivity (Wildman–Crippen MR) is 78.3 cm³/mol. The lowest BCUT2D eigenvalue weighted by atomic mass is 9.94. The molecule has 1 aliphatic rings. The van der Waals surface area contributed by atoms with Gasteiger partial charge >= 0.3 is 0 Å². The molecule has 0 aromatic carbocycles. The van der Waals surface area contributed by atoms with Crippen molar-refractivity contribution in [1.29, 1.82) is 0 Å². The highest BCUT2D eigenvalue weighted by Gasteiger charge is 2.29. The Labute approximate surface area is 117 Å². The lowest BCUT2D eigenvalue weighted by Crippen LogP contribution is -2.40. The molecule has 0 saturated carbocycles. The Hall–Kier alpha value is -1.05. The van der Waals surface area contributed by atoms with Gasteiger partial charge < -0.3 is 15.5 Å². The third-order valence-electron chi connectivity index (χ3n) is 3.09.